The summed E-state index contributed by atoms with van der Waals surface area (Å²) in [7, 11) is 0. The number of fused-ring (bicyclic) bond motifs is 1. The Morgan fingerprint density at radius 2 is 1.41 bits per heavy atom. The van der Waals surface area contributed by atoms with Gasteiger partial charge in [0.2, 0.25) is 0 Å². The molecular weight excluding hydrogens is 602 g/mol. The first-order valence-electron chi connectivity index (χ1n) is 12.8. The second-order valence-electron chi connectivity index (χ2n) is 9.01. The van der Waals surface area contributed by atoms with Gasteiger partial charge in [-0.15, -0.1) is 0 Å². The van der Waals surface area contributed by atoms with Gasteiger partial charge < -0.3 is 19.7 Å². The number of ether oxygens (including phenoxy) is 2. The molecule has 16 heteroatoms. The van der Waals surface area contributed by atoms with Crippen LogP contribution < -0.4 is 4.74 Å². The Labute approximate surface area is 246 Å². The summed E-state index contributed by atoms with van der Waals surface area (Å²) in [6, 6.07) is 16.6. The van der Waals surface area contributed by atoms with E-state index in [0.717, 1.165) is 66.2 Å². The van der Waals surface area contributed by atoms with Crippen molar-refractivity contribution in [2.75, 3.05) is 39.5 Å². The zero-order valence-corrected chi connectivity index (χ0v) is 22.8. The summed E-state index contributed by atoms with van der Waals surface area (Å²) in [5, 5.41) is 21.1. The number of hydrogen-bond acceptors (Lipinski definition) is 7. The minimum absolute atomic E-state index is 0.689. The number of morpholine rings is 1. The molecule has 0 spiro atoms. The van der Waals surface area contributed by atoms with Crippen LogP contribution in [0.25, 0.3) is 27.6 Å². The summed E-state index contributed by atoms with van der Waals surface area (Å²) in [5.74, 6) is -4.61. The first-order chi connectivity index (χ1) is 20.7. The van der Waals surface area contributed by atoms with Gasteiger partial charge in [0.15, 0.2) is 0 Å². The van der Waals surface area contributed by atoms with Gasteiger partial charge in [-0.25, -0.2) is 14.3 Å². The van der Waals surface area contributed by atoms with Crippen LogP contribution in [-0.2, 0) is 14.3 Å². The van der Waals surface area contributed by atoms with Gasteiger partial charge in [-0.05, 0) is 52.7 Å². The first kappa shape index (κ1) is 33.8. The van der Waals surface area contributed by atoms with Crippen LogP contribution in [0.5, 0.6) is 5.75 Å². The molecule has 1 aliphatic rings. The Morgan fingerprint density at radius 1 is 0.841 bits per heavy atom. The highest BCUT2D eigenvalue weighted by Gasteiger charge is 2.38. The van der Waals surface area contributed by atoms with Crippen molar-refractivity contribution in [1.82, 2.24) is 19.7 Å². The Kier molecular flexibility index (Phi) is 11.6. The first-order valence-corrected chi connectivity index (χ1v) is 12.8. The van der Waals surface area contributed by atoms with Gasteiger partial charge in [0.05, 0.1) is 25.1 Å². The molecule has 0 saturated carbocycles. The average Bonchev–Trinajstić information content (AvgIpc) is 3.48. The fraction of sp³-hybridized carbons (Fsp3) is 0.286. The number of alkyl halides is 6. The highest BCUT2D eigenvalue weighted by atomic mass is 19.4. The molecule has 0 unspecified atom stereocenters. The molecule has 2 N–H and O–H groups in total. The molecule has 3 heterocycles. The van der Waals surface area contributed by atoms with E-state index in [9.17, 15) is 26.3 Å². The lowest BCUT2D eigenvalue weighted by Gasteiger charge is -2.26. The van der Waals surface area contributed by atoms with Crippen LogP contribution in [-0.4, -0.2) is 93.6 Å². The summed E-state index contributed by atoms with van der Waals surface area (Å²) in [4.78, 5) is 24.2. The molecule has 236 valence electrons. The third-order valence-corrected chi connectivity index (χ3v) is 5.92. The number of aromatic nitrogens is 3. The predicted octanol–water partition coefficient (Wildman–Crippen LogP) is 5.07. The van der Waals surface area contributed by atoms with Crippen molar-refractivity contribution in [3.8, 4) is 22.6 Å². The largest absolute Gasteiger partial charge is 0.492 e. The summed E-state index contributed by atoms with van der Waals surface area (Å²) in [5.41, 5.74) is 3.21. The minimum atomic E-state index is -5.08. The average molecular weight is 629 g/mol. The van der Waals surface area contributed by atoms with E-state index in [-0.39, 0.29) is 0 Å². The van der Waals surface area contributed by atoms with Crippen molar-refractivity contribution in [2.24, 2.45) is 0 Å². The van der Waals surface area contributed by atoms with Gasteiger partial charge in [0, 0.05) is 43.8 Å². The van der Waals surface area contributed by atoms with Crippen molar-refractivity contribution >= 4 is 22.7 Å². The van der Waals surface area contributed by atoms with Crippen LogP contribution in [0.1, 0.15) is 0 Å². The Bertz CT molecular complexity index is 1500. The lowest BCUT2D eigenvalue weighted by atomic mass is 10.1. The van der Waals surface area contributed by atoms with Gasteiger partial charge >= 0.3 is 24.3 Å². The number of rotatable bonds is 6. The quantitative estimate of drug-likeness (QED) is 0.282. The van der Waals surface area contributed by atoms with Crippen LogP contribution in [0.2, 0.25) is 0 Å². The molecule has 1 aliphatic heterocycles. The zero-order valence-electron chi connectivity index (χ0n) is 22.8. The van der Waals surface area contributed by atoms with Gasteiger partial charge in [-0.1, -0.05) is 12.1 Å². The van der Waals surface area contributed by atoms with Gasteiger partial charge in [-0.2, -0.15) is 31.4 Å². The third-order valence-electron chi connectivity index (χ3n) is 5.92. The second kappa shape index (κ2) is 15.2. The molecule has 44 heavy (non-hydrogen) atoms. The maximum Gasteiger partial charge on any atom is 0.490 e. The summed E-state index contributed by atoms with van der Waals surface area (Å²) >= 11 is 0. The number of pyridine rings is 1. The molecular formula is C28H26F6N4O6. The van der Waals surface area contributed by atoms with Crippen LogP contribution in [0.4, 0.5) is 26.3 Å². The van der Waals surface area contributed by atoms with Crippen molar-refractivity contribution in [2.45, 2.75) is 12.4 Å². The van der Waals surface area contributed by atoms with E-state index in [1.165, 1.54) is 0 Å². The molecule has 1 saturated heterocycles. The molecule has 0 amide bonds. The van der Waals surface area contributed by atoms with Gasteiger partial charge in [-0.3, -0.25) is 9.88 Å². The predicted molar refractivity (Wildman–Crippen MR) is 144 cm³/mol. The highest BCUT2D eigenvalue weighted by molar-refractivity contribution is 5.85. The number of carbonyl (C=O) groups is 2. The number of aliphatic carboxylic acids is 2. The van der Waals surface area contributed by atoms with Gasteiger partial charge in [0.1, 0.15) is 12.4 Å². The molecule has 2 aromatic carbocycles. The maximum absolute atomic E-state index is 10.6. The lowest BCUT2D eigenvalue weighted by molar-refractivity contribution is -0.193. The minimum Gasteiger partial charge on any atom is -0.492 e. The topological polar surface area (TPSA) is 127 Å². The Morgan fingerprint density at radius 3 is 2.00 bits per heavy atom. The number of halogens is 6. The number of carboxylic acid groups (broad SMARTS) is 2. The van der Waals surface area contributed by atoms with E-state index in [1.54, 1.807) is 12.4 Å². The van der Waals surface area contributed by atoms with Crippen LogP contribution >= 0.6 is 0 Å². The van der Waals surface area contributed by atoms with Crippen LogP contribution in [0.3, 0.4) is 0 Å². The SMILES string of the molecule is O=C(O)C(F)(F)F.O=C(O)C(F)(F)F.c1cc(-c2cnn(-c3ccc4cc(OCCN5CCOCC5)ccc4c3)c2)ccn1. The van der Waals surface area contributed by atoms with E-state index in [2.05, 4.69) is 45.3 Å². The third kappa shape index (κ3) is 10.5. The van der Waals surface area contributed by atoms with Gasteiger partial charge in [0.25, 0.3) is 0 Å². The van der Waals surface area contributed by atoms with Crippen molar-refractivity contribution in [3.05, 3.63) is 73.3 Å². The van der Waals surface area contributed by atoms with E-state index in [1.807, 2.05) is 35.3 Å². The monoisotopic (exact) mass is 628 g/mol. The van der Waals surface area contributed by atoms with Crippen molar-refractivity contribution in [3.63, 3.8) is 0 Å². The van der Waals surface area contributed by atoms with E-state index >= 15 is 0 Å². The fourth-order valence-corrected chi connectivity index (χ4v) is 3.72. The zero-order chi connectivity index (χ0) is 32.3. The Balaban J connectivity index is 0.000000317. The normalized spacial score (nSPS) is 13.7. The standard InChI is InChI=1S/C24H24N4O2.2C2HF3O2/c1-3-23(28-18-22(17-26-28)19-5-7-25-8-6-19)15-20-2-4-24(16-21(1)20)30-14-11-27-9-12-29-13-10-27;2*3-2(4,5)1(6)7/h1-8,15-18H,9-14H2;2*(H,6,7). The second-order valence-corrected chi connectivity index (χ2v) is 9.01. The van der Waals surface area contributed by atoms with E-state index in [4.69, 9.17) is 29.3 Å². The molecule has 4 aromatic rings. The molecule has 5 rings (SSSR count). The molecule has 10 nitrogen and oxygen atoms in total. The summed E-state index contributed by atoms with van der Waals surface area (Å²) in [6.07, 6.45) is -2.66. The molecule has 2 aromatic heterocycles. The lowest BCUT2D eigenvalue weighted by Crippen LogP contribution is -2.38. The van der Waals surface area contributed by atoms with Crippen LogP contribution in [0.15, 0.2) is 73.3 Å². The number of hydrogen-bond donors (Lipinski definition) is 2. The highest BCUT2D eigenvalue weighted by Crippen LogP contribution is 2.25. The van der Waals surface area contributed by atoms with E-state index < -0.39 is 24.3 Å². The number of carboxylic acids is 2. The summed E-state index contributed by atoms with van der Waals surface area (Å²) in [6.45, 7) is 5.23. The molecule has 1 fully saturated rings. The van der Waals surface area contributed by atoms with Crippen molar-refractivity contribution < 1.29 is 55.6 Å². The molecule has 0 atom stereocenters. The molecule has 0 bridgehead atoms. The van der Waals surface area contributed by atoms with Crippen molar-refractivity contribution in [1.29, 1.82) is 0 Å². The fourth-order valence-electron chi connectivity index (χ4n) is 3.72. The number of nitrogens with zero attached hydrogens (tertiary/aromatic N) is 4. The number of benzene rings is 2. The maximum atomic E-state index is 10.6. The summed E-state index contributed by atoms with van der Waals surface area (Å²) < 4.78 is 76.7. The Hall–Kier alpha value is -4.70. The van der Waals surface area contributed by atoms with E-state index in [0.29, 0.717) is 6.61 Å². The van der Waals surface area contributed by atoms with Crippen LogP contribution in [0, 0.1) is 0 Å². The smallest absolute Gasteiger partial charge is 0.490 e. The molecule has 0 aliphatic carbocycles. The molecule has 0 radical (unpaired) electrons.